The van der Waals surface area contributed by atoms with Gasteiger partial charge in [-0.3, -0.25) is 0 Å². The Labute approximate surface area is 59.8 Å². The molecule has 0 heterocycles. The fraction of sp³-hybridized carbons (Fsp3) is 1.00. The van der Waals surface area contributed by atoms with Gasteiger partial charge in [0.25, 0.3) is 0 Å². The van der Waals surface area contributed by atoms with E-state index < -0.39 is 0 Å². The summed E-state index contributed by atoms with van der Waals surface area (Å²) in [7, 11) is 0. The van der Waals surface area contributed by atoms with Gasteiger partial charge in [-0.25, -0.2) is 0 Å². The molecule has 0 aromatic carbocycles. The third kappa shape index (κ3) is 6.44. The van der Waals surface area contributed by atoms with E-state index in [1.165, 1.54) is 25.7 Å². The van der Waals surface area contributed by atoms with Crippen LogP contribution in [0.25, 0.3) is 0 Å². The second-order valence-corrected chi connectivity index (χ2v) is 2.75. The normalized spacial score (nSPS) is 9.75. The van der Waals surface area contributed by atoms with Crippen LogP contribution in [0.15, 0.2) is 0 Å². The minimum Gasteiger partial charge on any atom is -0.358 e. The Balaban J connectivity index is 2.53. The van der Waals surface area contributed by atoms with Crippen LogP contribution >= 0.6 is 15.9 Å². The molecule has 0 atom stereocenters. The Morgan fingerprint density at radius 3 is 2.12 bits per heavy atom. The summed E-state index contributed by atoms with van der Waals surface area (Å²) in [6.07, 6.45) is 5.34. The van der Waals surface area contributed by atoms with Crippen LogP contribution in [0.1, 0.15) is 25.7 Å². The van der Waals surface area contributed by atoms with Gasteiger partial charge in [-0.15, -0.1) is 0 Å². The summed E-state index contributed by atoms with van der Waals surface area (Å²) in [5, 5.41) is 1.16. The van der Waals surface area contributed by atoms with Crippen molar-refractivity contribution >= 4 is 15.9 Å². The van der Waals surface area contributed by atoms with Crippen molar-refractivity contribution in [2.24, 2.45) is 0 Å². The molecule has 50 valence electrons. The van der Waals surface area contributed by atoms with Gasteiger partial charge in [0.15, 0.2) is 0 Å². The first kappa shape index (κ1) is 8.44. The average Bonchev–Trinajstić information content (AvgIpc) is 1.81. The lowest BCUT2D eigenvalue weighted by atomic mass is 10.2. The molecule has 8 heavy (non-hydrogen) atoms. The molecule has 0 amide bonds. The molecule has 0 fully saturated rings. The second kappa shape index (κ2) is 7.44. The maximum atomic E-state index is 3.77. The highest BCUT2D eigenvalue weighted by molar-refractivity contribution is 9.09. The Morgan fingerprint density at radius 1 is 1.00 bits per heavy atom. The summed E-state index contributed by atoms with van der Waals surface area (Å²) in [6, 6.07) is 0. The number of alkyl halides is 1. The zero-order valence-electron chi connectivity index (χ0n) is 5.33. The van der Waals surface area contributed by atoms with E-state index in [4.69, 9.17) is 0 Å². The minimum absolute atomic E-state index is 1.10. The standard InChI is InChI=1S/C6H14BrN/c7-5-3-1-2-4-6-8/h1-6,8H2/p+1. The third-order valence-electron chi connectivity index (χ3n) is 1.13. The highest BCUT2D eigenvalue weighted by Crippen LogP contribution is 1.99. The molecule has 0 aliphatic rings. The van der Waals surface area contributed by atoms with Crippen LogP contribution in [0.4, 0.5) is 0 Å². The predicted molar refractivity (Wildman–Crippen MR) is 40.0 cm³/mol. The fourth-order valence-electron chi connectivity index (χ4n) is 0.625. The molecule has 0 unspecified atom stereocenters. The summed E-state index contributed by atoms with van der Waals surface area (Å²) >= 11 is 3.39. The van der Waals surface area contributed by atoms with Gasteiger partial charge in [0.2, 0.25) is 0 Å². The highest BCUT2D eigenvalue weighted by atomic mass is 79.9. The Morgan fingerprint density at radius 2 is 1.62 bits per heavy atom. The summed E-state index contributed by atoms with van der Waals surface area (Å²) in [5.41, 5.74) is 3.77. The van der Waals surface area contributed by atoms with E-state index in [-0.39, 0.29) is 0 Å². The van der Waals surface area contributed by atoms with Crippen LogP contribution in [0.3, 0.4) is 0 Å². The van der Waals surface area contributed by atoms with E-state index in [9.17, 15) is 0 Å². The van der Waals surface area contributed by atoms with Crippen molar-refractivity contribution in [2.75, 3.05) is 11.9 Å². The van der Waals surface area contributed by atoms with Gasteiger partial charge in [0.05, 0.1) is 6.54 Å². The summed E-state index contributed by atoms with van der Waals surface area (Å²) < 4.78 is 0. The van der Waals surface area contributed by atoms with Gasteiger partial charge in [0.1, 0.15) is 0 Å². The number of hydrogen-bond donors (Lipinski definition) is 1. The third-order valence-corrected chi connectivity index (χ3v) is 1.69. The van der Waals surface area contributed by atoms with E-state index in [0.29, 0.717) is 0 Å². The quantitative estimate of drug-likeness (QED) is 0.487. The van der Waals surface area contributed by atoms with Gasteiger partial charge in [0, 0.05) is 5.33 Å². The Kier molecular flexibility index (Phi) is 7.85. The maximum Gasteiger partial charge on any atom is 0.0739 e. The van der Waals surface area contributed by atoms with Gasteiger partial charge >= 0.3 is 0 Å². The zero-order chi connectivity index (χ0) is 6.24. The second-order valence-electron chi connectivity index (χ2n) is 1.96. The molecule has 0 bridgehead atoms. The van der Waals surface area contributed by atoms with E-state index in [1.807, 2.05) is 0 Å². The van der Waals surface area contributed by atoms with Crippen molar-refractivity contribution in [3.63, 3.8) is 0 Å². The number of rotatable bonds is 5. The van der Waals surface area contributed by atoms with Crippen molar-refractivity contribution in [3.05, 3.63) is 0 Å². The molecule has 0 saturated heterocycles. The lowest BCUT2D eigenvalue weighted by Gasteiger charge is -1.91. The van der Waals surface area contributed by atoms with Gasteiger partial charge in [-0.05, 0) is 19.3 Å². The summed E-state index contributed by atoms with van der Waals surface area (Å²) in [4.78, 5) is 0. The number of unbranched alkanes of at least 4 members (excludes halogenated alkanes) is 3. The molecule has 0 aromatic heterocycles. The van der Waals surface area contributed by atoms with E-state index >= 15 is 0 Å². The molecule has 0 rings (SSSR count). The molecule has 3 N–H and O–H groups in total. The van der Waals surface area contributed by atoms with Gasteiger partial charge in [-0.1, -0.05) is 22.4 Å². The van der Waals surface area contributed by atoms with Crippen molar-refractivity contribution in [1.29, 1.82) is 0 Å². The van der Waals surface area contributed by atoms with Gasteiger partial charge < -0.3 is 5.73 Å². The zero-order valence-corrected chi connectivity index (χ0v) is 6.91. The monoisotopic (exact) mass is 180 g/mol. The van der Waals surface area contributed by atoms with Gasteiger partial charge in [-0.2, -0.15) is 0 Å². The van der Waals surface area contributed by atoms with Crippen molar-refractivity contribution in [3.8, 4) is 0 Å². The van der Waals surface area contributed by atoms with Crippen LogP contribution in [0, 0.1) is 0 Å². The van der Waals surface area contributed by atoms with Crippen LogP contribution in [-0.2, 0) is 0 Å². The first-order valence-corrected chi connectivity index (χ1v) is 4.39. The largest absolute Gasteiger partial charge is 0.358 e. The van der Waals surface area contributed by atoms with Crippen molar-refractivity contribution < 1.29 is 5.73 Å². The first-order chi connectivity index (χ1) is 3.91. The molecular formula is C6H15BrN+. The molecule has 0 aromatic rings. The molecule has 0 spiro atoms. The molecule has 1 nitrogen and oxygen atoms in total. The predicted octanol–water partition coefficient (Wildman–Crippen LogP) is 1.18. The molecule has 0 radical (unpaired) electrons. The van der Waals surface area contributed by atoms with Crippen LogP contribution < -0.4 is 5.73 Å². The van der Waals surface area contributed by atoms with Crippen LogP contribution in [0.2, 0.25) is 0 Å². The fourth-order valence-corrected chi connectivity index (χ4v) is 1.02. The summed E-state index contributed by atoms with van der Waals surface area (Å²) in [5.74, 6) is 0. The first-order valence-electron chi connectivity index (χ1n) is 3.27. The molecular weight excluding hydrogens is 166 g/mol. The number of halogens is 1. The lowest BCUT2D eigenvalue weighted by Crippen LogP contribution is -2.50. The van der Waals surface area contributed by atoms with E-state index in [1.54, 1.807) is 0 Å². The number of quaternary nitrogens is 1. The Bertz CT molecular complexity index is 33.5. The molecule has 0 aliphatic carbocycles. The van der Waals surface area contributed by atoms with Crippen molar-refractivity contribution in [1.82, 2.24) is 0 Å². The molecule has 0 saturated carbocycles. The smallest absolute Gasteiger partial charge is 0.0739 e. The SMILES string of the molecule is [NH3+]CCCCCCBr. The number of hydrogen-bond acceptors (Lipinski definition) is 0. The average molecular weight is 181 g/mol. The van der Waals surface area contributed by atoms with Crippen LogP contribution in [-0.4, -0.2) is 11.9 Å². The van der Waals surface area contributed by atoms with Crippen molar-refractivity contribution in [2.45, 2.75) is 25.7 Å². The lowest BCUT2D eigenvalue weighted by molar-refractivity contribution is -0.368. The van der Waals surface area contributed by atoms with Crippen LogP contribution in [0.5, 0.6) is 0 Å². The highest BCUT2D eigenvalue weighted by Gasteiger charge is 1.85. The molecule has 0 aliphatic heterocycles. The van der Waals surface area contributed by atoms with E-state index in [0.717, 1.165) is 11.9 Å². The Hall–Kier alpha value is 0.440. The summed E-state index contributed by atoms with van der Waals surface area (Å²) in [6.45, 7) is 1.10. The molecule has 2 heteroatoms. The minimum atomic E-state index is 1.10. The maximum absolute atomic E-state index is 3.77. The van der Waals surface area contributed by atoms with E-state index in [2.05, 4.69) is 21.7 Å². The topological polar surface area (TPSA) is 27.6 Å².